The molecule has 1 aliphatic rings. The highest BCUT2D eigenvalue weighted by Crippen LogP contribution is 2.24. The van der Waals surface area contributed by atoms with E-state index in [1.807, 2.05) is 12.1 Å². The zero-order valence-electron chi connectivity index (χ0n) is 16.0. The van der Waals surface area contributed by atoms with Gasteiger partial charge in [0.05, 0.1) is 17.7 Å². The molecule has 6 nitrogen and oxygen atoms in total. The zero-order valence-corrected chi connectivity index (χ0v) is 16.0. The zero-order chi connectivity index (χ0) is 20.9. The van der Waals surface area contributed by atoms with Crippen molar-refractivity contribution in [1.82, 2.24) is 0 Å². The molecule has 0 radical (unpaired) electrons. The molecule has 0 aliphatic carbocycles. The quantitative estimate of drug-likeness (QED) is 0.655. The number of ether oxygens (including phenoxy) is 2. The van der Waals surface area contributed by atoms with Crippen molar-refractivity contribution in [3.8, 4) is 0 Å². The molecule has 0 saturated carbocycles. The van der Waals surface area contributed by atoms with Crippen LogP contribution in [0.2, 0.25) is 0 Å². The summed E-state index contributed by atoms with van der Waals surface area (Å²) in [6.45, 7) is 0.325. The largest absolute Gasteiger partial charge is 0.462 e. The van der Waals surface area contributed by atoms with E-state index in [2.05, 4.69) is 5.32 Å². The maximum absolute atomic E-state index is 12.9. The van der Waals surface area contributed by atoms with Gasteiger partial charge < -0.3 is 14.8 Å². The van der Waals surface area contributed by atoms with Gasteiger partial charge in [0.15, 0.2) is 0 Å². The fourth-order valence-electron chi connectivity index (χ4n) is 3.25. The van der Waals surface area contributed by atoms with Crippen LogP contribution in [0.4, 0.5) is 5.69 Å². The summed E-state index contributed by atoms with van der Waals surface area (Å²) in [6.07, 6.45) is -0.551. The van der Waals surface area contributed by atoms with E-state index in [1.165, 1.54) is 6.07 Å². The monoisotopic (exact) mass is 401 g/mol. The van der Waals surface area contributed by atoms with Crippen LogP contribution in [0.3, 0.4) is 0 Å². The second-order valence-corrected chi connectivity index (χ2v) is 6.81. The van der Waals surface area contributed by atoms with Gasteiger partial charge in [0.25, 0.3) is 5.91 Å². The first-order valence-corrected chi connectivity index (χ1v) is 9.54. The summed E-state index contributed by atoms with van der Waals surface area (Å²) in [4.78, 5) is 37.7. The van der Waals surface area contributed by atoms with Gasteiger partial charge >= 0.3 is 11.9 Å². The van der Waals surface area contributed by atoms with Crippen LogP contribution in [0.5, 0.6) is 0 Å². The lowest BCUT2D eigenvalue weighted by Gasteiger charge is -2.19. The van der Waals surface area contributed by atoms with E-state index in [0.717, 1.165) is 5.56 Å². The van der Waals surface area contributed by atoms with Crippen molar-refractivity contribution in [3.63, 3.8) is 0 Å². The summed E-state index contributed by atoms with van der Waals surface area (Å²) in [5.41, 5.74) is 2.48. The second kappa shape index (κ2) is 8.61. The first-order chi connectivity index (χ1) is 14.6. The summed E-state index contributed by atoms with van der Waals surface area (Å²) >= 11 is 0. The molecule has 1 atom stereocenters. The summed E-state index contributed by atoms with van der Waals surface area (Å²) < 4.78 is 10.6. The number of esters is 2. The molecule has 0 spiro atoms. The van der Waals surface area contributed by atoms with Crippen molar-refractivity contribution in [3.05, 3.63) is 101 Å². The normalized spacial score (nSPS) is 13.5. The number of carbonyl (C=O) groups excluding carboxylic acids is 3. The first kappa shape index (κ1) is 19.4. The molecule has 3 aromatic carbocycles. The van der Waals surface area contributed by atoms with Crippen LogP contribution in [0.25, 0.3) is 0 Å². The molecular weight excluding hydrogens is 382 g/mol. The van der Waals surface area contributed by atoms with Gasteiger partial charge in [0.1, 0.15) is 0 Å². The lowest BCUT2D eigenvalue weighted by molar-refractivity contribution is -0.125. The predicted molar refractivity (Wildman–Crippen MR) is 110 cm³/mol. The maximum Gasteiger partial charge on any atom is 0.339 e. The Kier molecular flexibility index (Phi) is 5.57. The van der Waals surface area contributed by atoms with E-state index >= 15 is 0 Å². The van der Waals surface area contributed by atoms with E-state index < -0.39 is 23.9 Å². The molecule has 6 heteroatoms. The van der Waals surface area contributed by atoms with Gasteiger partial charge in [-0.25, -0.2) is 9.59 Å². The minimum atomic E-state index is -1.15. The number of fused-ring (bicyclic) bond motifs is 1. The molecule has 1 aliphatic heterocycles. The highest BCUT2D eigenvalue weighted by atomic mass is 16.5. The van der Waals surface area contributed by atoms with Gasteiger partial charge in [-0.1, -0.05) is 54.6 Å². The van der Waals surface area contributed by atoms with E-state index in [0.29, 0.717) is 29.8 Å². The molecule has 3 aromatic rings. The third-order valence-electron chi connectivity index (χ3n) is 4.78. The Morgan fingerprint density at radius 3 is 2.37 bits per heavy atom. The molecule has 1 amide bonds. The lowest BCUT2D eigenvalue weighted by atomic mass is 10.00. The standard InChI is InChI=1S/C24H19NO5/c26-22(25-19-9-5-2-6-10-19)21(17-7-3-1-4-8-17)30-23(27)18-12-11-16-13-14-29-24(28)20(16)15-18/h1-12,15,21H,13-14H2,(H,25,26). The number of cyclic esters (lactones) is 1. The first-order valence-electron chi connectivity index (χ1n) is 9.54. The van der Waals surface area contributed by atoms with Crippen molar-refractivity contribution < 1.29 is 23.9 Å². The number of rotatable bonds is 5. The fraction of sp³-hybridized carbons (Fsp3) is 0.125. The number of para-hydroxylation sites is 1. The summed E-state index contributed by atoms with van der Waals surface area (Å²) in [6, 6.07) is 22.5. The number of hydrogen-bond acceptors (Lipinski definition) is 5. The molecule has 4 rings (SSSR count). The number of nitrogens with one attached hydrogen (secondary N) is 1. The Balaban J connectivity index is 1.59. The molecule has 0 fully saturated rings. The molecule has 30 heavy (non-hydrogen) atoms. The summed E-state index contributed by atoms with van der Waals surface area (Å²) in [5, 5.41) is 2.76. The third-order valence-corrected chi connectivity index (χ3v) is 4.78. The minimum Gasteiger partial charge on any atom is -0.462 e. The van der Waals surface area contributed by atoms with Crippen molar-refractivity contribution in [2.24, 2.45) is 0 Å². The van der Waals surface area contributed by atoms with Crippen molar-refractivity contribution >= 4 is 23.5 Å². The highest BCUT2D eigenvalue weighted by Gasteiger charge is 2.27. The summed E-state index contributed by atoms with van der Waals surface area (Å²) in [5.74, 6) is -1.64. The highest BCUT2D eigenvalue weighted by molar-refractivity contribution is 6.00. The third kappa shape index (κ3) is 4.22. The van der Waals surface area contributed by atoms with Crippen LogP contribution >= 0.6 is 0 Å². The van der Waals surface area contributed by atoms with Gasteiger partial charge in [-0.05, 0) is 29.8 Å². The number of amides is 1. The fourth-order valence-corrected chi connectivity index (χ4v) is 3.25. The van der Waals surface area contributed by atoms with Gasteiger partial charge in [0.2, 0.25) is 6.10 Å². The average Bonchev–Trinajstić information content (AvgIpc) is 2.78. The number of benzene rings is 3. The Bertz CT molecular complexity index is 1080. The van der Waals surface area contributed by atoms with E-state index in [-0.39, 0.29) is 5.56 Å². The molecule has 1 heterocycles. The minimum absolute atomic E-state index is 0.182. The van der Waals surface area contributed by atoms with Crippen LogP contribution in [0, 0.1) is 0 Å². The number of hydrogen-bond donors (Lipinski definition) is 1. The Morgan fingerprint density at radius 2 is 1.63 bits per heavy atom. The van der Waals surface area contributed by atoms with Gasteiger partial charge in [-0.3, -0.25) is 4.79 Å². The molecule has 0 saturated heterocycles. The second-order valence-electron chi connectivity index (χ2n) is 6.81. The molecule has 0 aromatic heterocycles. The molecule has 1 N–H and O–H groups in total. The van der Waals surface area contributed by atoms with E-state index in [4.69, 9.17) is 9.47 Å². The Morgan fingerprint density at radius 1 is 0.933 bits per heavy atom. The average molecular weight is 401 g/mol. The van der Waals surface area contributed by atoms with Crippen LogP contribution < -0.4 is 5.32 Å². The molecule has 0 bridgehead atoms. The molecular formula is C24H19NO5. The van der Waals surface area contributed by atoms with Crippen LogP contribution in [-0.2, 0) is 20.7 Å². The lowest BCUT2D eigenvalue weighted by Crippen LogP contribution is -2.26. The van der Waals surface area contributed by atoms with Crippen LogP contribution in [0.15, 0.2) is 78.9 Å². The van der Waals surface area contributed by atoms with E-state index in [9.17, 15) is 14.4 Å². The van der Waals surface area contributed by atoms with Crippen LogP contribution in [0.1, 0.15) is 37.9 Å². The van der Waals surface area contributed by atoms with Crippen LogP contribution in [-0.4, -0.2) is 24.5 Å². The summed E-state index contributed by atoms with van der Waals surface area (Å²) in [7, 11) is 0. The van der Waals surface area contributed by atoms with Gasteiger partial charge in [0, 0.05) is 17.7 Å². The molecule has 1 unspecified atom stereocenters. The topological polar surface area (TPSA) is 81.7 Å². The van der Waals surface area contributed by atoms with Gasteiger partial charge in [-0.2, -0.15) is 0 Å². The van der Waals surface area contributed by atoms with Crippen molar-refractivity contribution in [2.45, 2.75) is 12.5 Å². The Labute approximate surface area is 173 Å². The van der Waals surface area contributed by atoms with Crippen molar-refractivity contribution in [1.29, 1.82) is 0 Å². The Hall–Kier alpha value is -3.93. The molecule has 150 valence electrons. The number of carbonyl (C=O) groups is 3. The SMILES string of the molecule is O=C(OC(C(=O)Nc1ccccc1)c1ccccc1)c1ccc2c(c1)C(=O)OCC2. The number of anilines is 1. The van der Waals surface area contributed by atoms with Crippen molar-refractivity contribution in [2.75, 3.05) is 11.9 Å². The maximum atomic E-state index is 12.9. The predicted octanol–water partition coefficient (Wildman–Crippen LogP) is 3.94. The van der Waals surface area contributed by atoms with E-state index in [1.54, 1.807) is 60.7 Å². The van der Waals surface area contributed by atoms with Gasteiger partial charge in [-0.15, -0.1) is 0 Å². The smallest absolute Gasteiger partial charge is 0.339 e.